The molecule has 0 aliphatic carbocycles. The molecule has 0 spiro atoms. The highest BCUT2D eigenvalue weighted by molar-refractivity contribution is 5.99. The van der Waals surface area contributed by atoms with Crippen molar-refractivity contribution in [3.05, 3.63) is 30.5 Å². The van der Waals surface area contributed by atoms with E-state index in [2.05, 4.69) is 15.2 Å². The molecule has 1 aliphatic rings. The zero-order chi connectivity index (χ0) is 13.2. The zero-order valence-corrected chi connectivity index (χ0v) is 10.6. The van der Waals surface area contributed by atoms with Crippen LogP contribution in [0, 0.1) is 0 Å². The van der Waals surface area contributed by atoms with Crippen molar-refractivity contribution in [2.45, 2.75) is 6.42 Å². The Hall–Kier alpha value is -2.30. The number of carbonyl (C=O) groups is 1. The molecular weight excluding hydrogens is 240 g/mol. The number of rotatable bonds is 1. The van der Waals surface area contributed by atoms with Crippen molar-refractivity contribution in [2.24, 2.45) is 0 Å². The Kier molecular flexibility index (Phi) is 2.95. The van der Waals surface area contributed by atoms with Gasteiger partial charge in [-0.1, -0.05) is 0 Å². The van der Waals surface area contributed by atoms with E-state index < -0.39 is 0 Å². The summed E-state index contributed by atoms with van der Waals surface area (Å²) in [6, 6.07) is 7.71. The molecule has 1 amide bonds. The maximum Gasteiger partial charge on any atom is 0.239 e. The molecule has 2 heterocycles. The van der Waals surface area contributed by atoms with Crippen LogP contribution in [0.15, 0.2) is 30.5 Å². The molecule has 5 nitrogen and oxygen atoms in total. The molecule has 19 heavy (non-hydrogen) atoms. The summed E-state index contributed by atoms with van der Waals surface area (Å²) < 4.78 is 0. The summed E-state index contributed by atoms with van der Waals surface area (Å²) in [5, 5.41) is 3.88. The number of amides is 1. The van der Waals surface area contributed by atoms with E-state index in [1.807, 2.05) is 24.3 Å². The highest BCUT2D eigenvalue weighted by Gasteiger charge is 2.17. The number of anilines is 2. The topological polar surface area (TPSA) is 71.2 Å². The maximum atomic E-state index is 11.7. The number of hydrogen-bond donors (Lipinski definition) is 2. The van der Waals surface area contributed by atoms with Crippen molar-refractivity contribution in [1.82, 2.24) is 10.3 Å². The molecule has 3 rings (SSSR count). The first kappa shape index (κ1) is 11.8. The fourth-order valence-corrected chi connectivity index (χ4v) is 2.47. The Morgan fingerprint density at radius 3 is 3.11 bits per heavy atom. The van der Waals surface area contributed by atoms with Crippen LogP contribution >= 0.6 is 0 Å². The molecule has 5 heteroatoms. The number of fused-ring (bicyclic) bond motifs is 1. The molecule has 1 aliphatic heterocycles. The molecule has 0 radical (unpaired) electrons. The SMILES string of the molecule is Nc1ccc(N2CCCNC(=O)C2)c2cccnc12. The predicted molar refractivity (Wildman–Crippen MR) is 76.0 cm³/mol. The molecule has 1 fully saturated rings. The van der Waals surface area contributed by atoms with Gasteiger partial charge in [-0.25, -0.2) is 0 Å². The van der Waals surface area contributed by atoms with Crippen LogP contribution in [-0.4, -0.2) is 30.5 Å². The second kappa shape index (κ2) is 4.76. The molecule has 2 aromatic rings. The van der Waals surface area contributed by atoms with E-state index in [1.54, 1.807) is 6.20 Å². The van der Waals surface area contributed by atoms with Gasteiger partial charge >= 0.3 is 0 Å². The molecule has 0 saturated carbocycles. The number of aromatic nitrogens is 1. The fraction of sp³-hybridized carbons (Fsp3) is 0.286. The number of carbonyl (C=O) groups excluding carboxylic acids is 1. The van der Waals surface area contributed by atoms with Gasteiger partial charge < -0.3 is 16.0 Å². The normalized spacial score (nSPS) is 16.2. The lowest BCUT2D eigenvalue weighted by Gasteiger charge is -2.23. The lowest BCUT2D eigenvalue weighted by atomic mass is 10.1. The summed E-state index contributed by atoms with van der Waals surface area (Å²) in [5.41, 5.74) is 8.44. The van der Waals surface area contributed by atoms with Crippen molar-refractivity contribution >= 4 is 28.2 Å². The zero-order valence-electron chi connectivity index (χ0n) is 10.6. The molecule has 1 saturated heterocycles. The van der Waals surface area contributed by atoms with E-state index >= 15 is 0 Å². The van der Waals surface area contributed by atoms with Gasteiger partial charge in [0, 0.05) is 30.4 Å². The van der Waals surface area contributed by atoms with Gasteiger partial charge in [-0.2, -0.15) is 0 Å². The van der Waals surface area contributed by atoms with Gasteiger partial charge in [0.05, 0.1) is 17.7 Å². The van der Waals surface area contributed by atoms with Crippen LogP contribution in [0.4, 0.5) is 11.4 Å². The molecule has 0 unspecified atom stereocenters. The average molecular weight is 256 g/mol. The van der Waals surface area contributed by atoms with Gasteiger partial charge in [0.1, 0.15) is 0 Å². The van der Waals surface area contributed by atoms with E-state index in [-0.39, 0.29) is 5.91 Å². The van der Waals surface area contributed by atoms with Gasteiger partial charge in [0.15, 0.2) is 0 Å². The number of nitrogens with zero attached hydrogens (tertiary/aromatic N) is 2. The van der Waals surface area contributed by atoms with E-state index in [1.165, 1.54) is 0 Å². The van der Waals surface area contributed by atoms with Crippen LogP contribution < -0.4 is 16.0 Å². The monoisotopic (exact) mass is 256 g/mol. The molecule has 0 atom stereocenters. The van der Waals surface area contributed by atoms with Crippen LogP contribution in [0.5, 0.6) is 0 Å². The molecular formula is C14H16N4O. The molecule has 0 bridgehead atoms. The Morgan fingerprint density at radius 1 is 1.32 bits per heavy atom. The van der Waals surface area contributed by atoms with Crippen LogP contribution in [0.2, 0.25) is 0 Å². The molecule has 3 N–H and O–H groups in total. The second-order valence-corrected chi connectivity index (χ2v) is 4.70. The summed E-state index contributed by atoms with van der Waals surface area (Å²) in [7, 11) is 0. The Labute approximate surface area is 111 Å². The summed E-state index contributed by atoms with van der Waals surface area (Å²) in [5.74, 6) is 0.0614. The minimum Gasteiger partial charge on any atom is -0.397 e. The van der Waals surface area contributed by atoms with E-state index in [0.29, 0.717) is 12.2 Å². The third-order valence-electron chi connectivity index (χ3n) is 3.38. The highest BCUT2D eigenvalue weighted by atomic mass is 16.2. The van der Waals surface area contributed by atoms with E-state index in [4.69, 9.17) is 5.73 Å². The number of hydrogen-bond acceptors (Lipinski definition) is 4. The summed E-state index contributed by atoms with van der Waals surface area (Å²) in [6.45, 7) is 1.97. The standard InChI is InChI=1S/C14H16N4O/c15-11-4-5-12(10-3-1-6-17-14(10)11)18-8-2-7-16-13(19)9-18/h1,3-6H,2,7-9,15H2,(H,16,19). The lowest BCUT2D eigenvalue weighted by molar-refractivity contribution is -0.119. The molecule has 1 aromatic heterocycles. The summed E-state index contributed by atoms with van der Waals surface area (Å²) in [4.78, 5) is 18.1. The number of pyridine rings is 1. The third-order valence-corrected chi connectivity index (χ3v) is 3.38. The summed E-state index contributed by atoms with van der Waals surface area (Å²) in [6.07, 6.45) is 2.68. The van der Waals surface area contributed by atoms with Crippen molar-refractivity contribution in [1.29, 1.82) is 0 Å². The average Bonchev–Trinajstić information content (AvgIpc) is 2.64. The van der Waals surface area contributed by atoms with Gasteiger partial charge in [-0.15, -0.1) is 0 Å². The van der Waals surface area contributed by atoms with E-state index in [9.17, 15) is 4.79 Å². The first-order valence-electron chi connectivity index (χ1n) is 6.40. The molecule has 98 valence electrons. The Morgan fingerprint density at radius 2 is 2.21 bits per heavy atom. The number of nitrogens with two attached hydrogens (primary N) is 1. The van der Waals surface area contributed by atoms with Crippen LogP contribution in [-0.2, 0) is 4.79 Å². The molecule has 1 aromatic carbocycles. The maximum absolute atomic E-state index is 11.7. The third kappa shape index (κ3) is 2.19. The van der Waals surface area contributed by atoms with Gasteiger partial charge in [-0.3, -0.25) is 9.78 Å². The fourth-order valence-electron chi connectivity index (χ4n) is 2.47. The summed E-state index contributed by atoms with van der Waals surface area (Å²) >= 11 is 0. The van der Waals surface area contributed by atoms with Crippen molar-refractivity contribution < 1.29 is 4.79 Å². The minimum atomic E-state index is 0.0614. The van der Waals surface area contributed by atoms with Crippen molar-refractivity contribution in [3.63, 3.8) is 0 Å². The van der Waals surface area contributed by atoms with Crippen LogP contribution in [0.25, 0.3) is 10.9 Å². The van der Waals surface area contributed by atoms with Crippen LogP contribution in [0.1, 0.15) is 6.42 Å². The van der Waals surface area contributed by atoms with E-state index in [0.717, 1.165) is 36.1 Å². The van der Waals surface area contributed by atoms with Gasteiger partial charge in [-0.05, 0) is 30.7 Å². The number of nitrogen functional groups attached to an aromatic ring is 1. The lowest BCUT2D eigenvalue weighted by Crippen LogP contribution is -2.33. The Balaban J connectivity index is 2.09. The first-order chi connectivity index (χ1) is 9.25. The van der Waals surface area contributed by atoms with Crippen molar-refractivity contribution in [2.75, 3.05) is 30.3 Å². The van der Waals surface area contributed by atoms with Gasteiger partial charge in [0.2, 0.25) is 5.91 Å². The number of nitrogens with one attached hydrogen (secondary N) is 1. The minimum absolute atomic E-state index is 0.0614. The number of benzene rings is 1. The Bertz CT molecular complexity index is 626. The largest absolute Gasteiger partial charge is 0.397 e. The predicted octanol–water partition coefficient (Wildman–Crippen LogP) is 1.14. The second-order valence-electron chi connectivity index (χ2n) is 4.70. The smallest absolute Gasteiger partial charge is 0.239 e. The van der Waals surface area contributed by atoms with Crippen molar-refractivity contribution in [3.8, 4) is 0 Å². The van der Waals surface area contributed by atoms with Crippen LogP contribution in [0.3, 0.4) is 0 Å². The first-order valence-corrected chi connectivity index (χ1v) is 6.40. The van der Waals surface area contributed by atoms with Gasteiger partial charge in [0.25, 0.3) is 0 Å². The quantitative estimate of drug-likeness (QED) is 0.751. The highest BCUT2D eigenvalue weighted by Crippen LogP contribution is 2.29.